The third-order valence-corrected chi connectivity index (χ3v) is 6.74. The Morgan fingerprint density at radius 2 is 1.97 bits per heavy atom. The second kappa shape index (κ2) is 9.37. The highest BCUT2D eigenvalue weighted by Gasteiger charge is 2.21. The molecule has 3 rings (SSSR count). The first-order chi connectivity index (χ1) is 14.2. The normalized spacial score (nSPS) is 13.6. The van der Waals surface area contributed by atoms with Crippen LogP contribution in [-0.2, 0) is 23.1 Å². The van der Waals surface area contributed by atoms with Crippen LogP contribution in [0.5, 0.6) is 0 Å². The number of amidine groups is 1. The van der Waals surface area contributed by atoms with Crippen LogP contribution in [0.3, 0.4) is 0 Å². The standard InChI is InChI=1S/C21H23Cl2N3O3S/c1-3-4-9-30(28,29)25-21(27)15-6-8-20-17(10-15)13-26(14(2)24-20)12-16-5-7-18(22)11-19(16)23/h5-8,10-11H,3-4,9,12-13H2,1-2H3,(H,25,27). The van der Waals surface area contributed by atoms with Gasteiger partial charge in [0.2, 0.25) is 10.0 Å². The van der Waals surface area contributed by atoms with E-state index in [1.165, 1.54) is 0 Å². The number of hydrogen-bond acceptors (Lipinski definition) is 5. The second-order valence-electron chi connectivity index (χ2n) is 7.20. The lowest BCUT2D eigenvalue weighted by Gasteiger charge is -2.29. The number of unbranched alkanes of at least 4 members (excludes halogenated alkanes) is 1. The van der Waals surface area contributed by atoms with E-state index in [0.29, 0.717) is 29.6 Å². The molecule has 0 saturated heterocycles. The Balaban J connectivity index is 1.78. The Bertz CT molecular complexity index is 1100. The lowest BCUT2D eigenvalue weighted by molar-refractivity contribution is 0.0981. The number of carbonyl (C=O) groups is 1. The molecule has 2 aromatic carbocycles. The molecule has 9 heteroatoms. The number of carbonyl (C=O) groups excluding carboxylic acids is 1. The van der Waals surface area contributed by atoms with Crippen molar-refractivity contribution in [1.82, 2.24) is 9.62 Å². The molecular weight excluding hydrogens is 445 g/mol. The van der Waals surface area contributed by atoms with E-state index in [9.17, 15) is 13.2 Å². The minimum atomic E-state index is -3.64. The summed E-state index contributed by atoms with van der Waals surface area (Å²) >= 11 is 12.3. The molecule has 0 aliphatic carbocycles. The maximum absolute atomic E-state index is 12.5. The fourth-order valence-electron chi connectivity index (χ4n) is 3.14. The van der Waals surface area contributed by atoms with Gasteiger partial charge in [0.05, 0.1) is 11.4 Å². The molecule has 0 saturated carbocycles. The number of benzene rings is 2. The second-order valence-corrected chi connectivity index (χ2v) is 9.88. The summed E-state index contributed by atoms with van der Waals surface area (Å²) in [5.74, 6) is 0.125. The number of nitrogens with one attached hydrogen (secondary N) is 1. The molecule has 0 radical (unpaired) electrons. The minimum absolute atomic E-state index is 0.0701. The van der Waals surface area contributed by atoms with Gasteiger partial charge in [0.25, 0.3) is 5.91 Å². The predicted octanol–water partition coefficient (Wildman–Crippen LogP) is 4.92. The summed E-state index contributed by atoms with van der Waals surface area (Å²) in [7, 11) is -3.64. The lowest BCUT2D eigenvalue weighted by atomic mass is 10.1. The molecule has 0 unspecified atom stereocenters. The van der Waals surface area contributed by atoms with Gasteiger partial charge in [0.15, 0.2) is 0 Å². The first-order valence-corrected chi connectivity index (χ1v) is 12.0. The van der Waals surface area contributed by atoms with Crippen molar-refractivity contribution in [1.29, 1.82) is 0 Å². The molecule has 2 aromatic rings. The van der Waals surface area contributed by atoms with Crippen molar-refractivity contribution in [2.24, 2.45) is 4.99 Å². The largest absolute Gasteiger partial charge is 0.351 e. The fourth-order valence-corrected chi connectivity index (χ4v) is 4.78. The maximum atomic E-state index is 12.5. The highest BCUT2D eigenvalue weighted by atomic mass is 35.5. The molecule has 160 valence electrons. The van der Waals surface area contributed by atoms with Gasteiger partial charge < -0.3 is 4.90 Å². The molecule has 1 amide bonds. The van der Waals surface area contributed by atoms with Crippen LogP contribution in [0.1, 0.15) is 48.2 Å². The van der Waals surface area contributed by atoms with Crippen LogP contribution in [0.4, 0.5) is 5.69 Å². The van der Waals surface area contributed by atoms with Crippen LogP contribution in [0.2, 0.25) is 10.0 Å². The number of amides is 1. The van der Waals surface area contributed by atoms with Gasteiger partial charge in [-0.2, -0.15) is 0 Å². The van der Waals surface area contributed by atoms with Crippen molar-refractivity contribution in [3.8, 4) is 0 Å². The number of aliphatic imine (C=N–C) groups is 1. The van der Waals surface area contributed by atoms with E-state index in [1.54, 1.807) is 30.3 Å². The van der Waals surface area contributed by atoms with Crippen molar-refractivity contribution in [3.05, 3.63) is 63.1 Å². The number of halogens is 2. The van der Waals surface area contributed by atoms with E-state index in [0.717, 1.165) is 29.1 Å². The average molecular weight is 468 g/mol. The monoisotopic (exact) mass is 467 g/mol. The predicted molar refractivity (Wildman–Crippen MR) is 121 cm³/mol. The number of rotatable bonds is 7. The summed E-state index contributed by atoms with van der Waals surface area (Å²) < 4.78 is 26.2. The maximum Gasteiger partial charge on any atom is 0.264 e. The van der Waals surface area contributed by atoms with E-state index in [-0.39, 0.29) is 11.3 Å². The van der Waals surface area contributed by atoms with E-state index in [2.05, 4.69) is 9.71 Å². The van der Waals surface area contributed by atoms with Crippen LogP contribution in [-0.4, -0.2) is 30.8 Å². The van der Waals surface area contributed by atoms with Crippen LogP contribution in [0.15, 0.2) is 41.4 Å². The average Bonchev–Trinajstić information content (AvgIpc) is 2.68. The number of nitrogens with zero attached hydrogens (tertiary/aromatic N) is 2. The van der Waals surface area contributed by atoms with E-state index < -0.39 is 15.9 Å². The van der Waals surface area contributed by atoms with Gasteiger partial charge in [0, 0.05) is 28.7 Å². The number of hydrogen-bond donors (Lipinski definition) is 1. The zero-order valence-corrected chi connectivity index (χ0v) is 19.1. The summed E-state index contributed by atoms with van der Waals surface area (Å²) in [6.07, 6.45) is 1.24. The van der Waals surface area contributed by atoms with Crippen molar-refractivity contribution in [3.63, 3.8) is 0 Å². The Kier molecular flexibility index (Phi) is 7.06. The summed E-state index contributed by atoms with van der Waals surface area (Å²) in [5, 5.41) is 1.15. The first-order valence-electron chi connectivity index (χ1n) is 9.60. The fraction of sp³-hybridized carbons (Fsp3) is 0.333. The molecule has 0 atom stereocenters. The molecular formula is C21H23Cl2N3O3S. The molecule has 1 N–H and O–H groups in total. The zero-order valence-electron chi connectivity index (χ0n) is 16.8. The van der Waals surface area contributed by atoms with Crippen molar-refractivity contribution < 1.29 is 13.2 Å². The molecule has 0 aromatic heterocycles. The third kappa shape index (κ3) is 5.53. The highest BCUT2D eigenvalue weighted by Crippen LogP contribution is 2.30. The van der Waals surface area contributed by atoms with Crippen LogP contribution in [0, 0.1) is 0 Å². The summed E-state index contributed by atoms with van der Waals surface area (Å²) in [6, 6.07) is 10.4. The van der Waals surface area contributed by atoms with Gasteiger partial charge in [-0.25, -0.2) is 18.1 Å². The first kappa shape index (κ1) is 22.6. The molecule has 0 spiro atoms. The minimum Gasteiger partial charge on any atom is -0.351 e. The Hall–Kier alpha value is -2.09. The molecule has 1 heterocycles. The van der Waals surface area contributed by atoms with Gasteiger partial charge in [-0.05, 0) is 54.8 Å². The van der Waals surface area contributed by atoms with Crippen molar-refractivity contribution >= 4 is 50.7 Å². The Morgan fingerprint density at radius 1 is 1.20 bits per heavy atom. The number of sulfonamides is 1. The van der Waals surface area contributed by atoms with Gasteiger partial charge in [-0.3, -0.25) is 4.79 Å². The van der Waals surface area contributed by atoms with Crippen molar-refractivity contribution in [2.45, 2.75) is 39.8 Å². The summed E-state index contributed by atoms with van der Waals surface area (Å²) in [5.41, 5.74) is 2.80. The van der Waals surface area contributed by atoms with Crippen LogP contribution >= 0.6 is 23.2 Å². The van der Waals surface area contributed by atoms with Crippen molar-refractivity contribution in [2.75, 3.05) is 5.75 Å². The topological polar surface area (TPSA) is 78.8 Å². The smallest absolute Gasteiger partial charge is 0.264 e. The molecule has 30 heavy (non-hydrogen) atoms. The molecule has 0 fully saturated rings. The molecule has 6 nitrogen and oxygen atoms in total. The molecule has 0 bridgehead atoms. The third-order valence-electron chi connectivity index (χ3n) is 4.83. The van der Waals surface area contributed by atoms with E-state index >= 15 is 0 Å². The van der Waals surface area contributed by atoms with Gasteiger partial charge in [0.1, 0.15) is 5.84 Å². The lowest BCUT2D eigenvalue weighted by Crippen LogP contribution is -2.33. The summed E-state index contributed by atoms with van der Waals surface area (Å²) in [4.78, 5) is 19.1. The van der Waals surface area contributed by atoms with Crippen LogP contribution < -0.4 is 4.72 Å². The quantitative estimate of drug-likeness (QED) is 0.626. The summed E-state index contributed by atoms with van der Waals surface area (Å²) in [6.45, 7) is 4.86. The highest BCUT2D eigenvalue weighted by molar-refractivity contribution is 7.90. The zero-order chi connectivity index (χ0) is 21.9. The van der Waals surface area contributed by atoms with E-state index in [4.69, 9.17) is 23.2 Å². The number of fused-ring (bicyclic) bond motifs is 1. The molecule has 1 aliphatic heterocycles. The Labute approximate surface area is 187 Å². The van der Waals surface area contributed by atoms with Gasteiger partial charge in [-0.1, -0.05) is 42.6 Å². The Morgan fingerprint density at radius 3 is 2.67 bits per heavy atom. The van der Waals surface area contributed by atoms with Gasteiger partial charge >= 0.3 is 0 Å². The van der Waals surface area contributed by atoms with Gasteiger partial charge in [-0.15, -0.1) is 0 Å². The van der Waals surface area contributed by atoms with E-state index in [1.807, 2.05) is 24.8 Å². The SMILES string of the molecule is CCCCS(=O)(=O)NC(=O)c1ccc2c(c1)CN(Cc1ccc(Cl)cc1Cl)C(C)=N2. The molecule has 1 aliphatic rings. The van der Waals surface area contributed by atoms with Crippen LogP contribution in [0.25, 0.3) is 0 Å².